The van der Waals surface area contributed by atoms with Crippen LogP contribution in [0.2, 0.25) is 0 Å². The predicted molar refractivity (Wildman–Crippen MR) is 62.4 cm³/mol. The fraction of sp³-hybridized carbons (Fsp3) is 0.833. The van der Waals surface area contributed by atoms with E-state index < -0.39 is 5.41 Å². The lowest BCUT2D eigenvalue weighted by Gasteiger charge is -2.36. The molecule has 0 spiro atoms. The standard InChI is InChI=1S/C12H21NO4/c1-4-17-10(14)9-13-7-5-12(2,6-8-13)11(15)16-3/h4-9H2,1-3H3. The van der Waals surface area contributed by atoms with Gasteiger partial charge in [0.1, 0.15) is 0 Å². The van der Waals surface area contributed by atoms with Crippen LogP contribution in [-0.4, -0.2) is 50.2 Å². The van der Waals surface area contributed by atoms with Crippen molar-refractivity contribution in [2.45, 2.75) is 26.7 Å². The third-order valence-corrected chi connectivity index (χ3v) is 3.30. The van der Waals surface area contributed by atoms with Crippen molar-refractivity contribution < 1.29 is 19.1 Å². The summed E-state index contributed by atoms with van der Waals surface area (Å²) in [5.41, 5.74) is -0.403. The molecule has 98 valence electrons. The van der Waals surface area contributed by atoms with E-state index in [-0.39, 0.29) is 11.9 Å². The monoisotopic (exact) mass is 243 g/mol. The van der Waals surface area contributed by atoms with Crippen LogP contribution in [0.3, 0.4) is 0 Å². The Labute approximate surface area is 102 Å². The Morgan fingerprint density at radius 3 is 2.35 bits per heavy atom. The molecule has 0 saturated carbocycles. The van der Waals surface area contributed by atoms with Gasteiger partial charge in [-0.2, -0.15) is 0 Å². The van der Waals surface area contributed by atoms with E-state index in [1.165, 1.54) is 7.11 Å². The minimum Gasteiger partial charge on any atom is -0.469 e. The van der Waals surface area contributed by atoms with Crippen molar-refractivity contribution in [3.05, 3.63) is 0 Å². The molecule has 1 saturated heterocycles. The molecule has 0 aromatic heterocycles. The second kappa shape index (κ2) is 6.00. The highest BCUT2D eigenvalue weighted by Crippen LogP contribution is 2.31. The SMILES string of the molecule is CCOC(=O)CN1CCC(C)(C(=O)OC)CC1. The Kier molecular flexibility index (Phi) is 4.93. The van der Waals surface area contributed by atoms with Gasteiger partial charge in [0.05, 0.1) is 25.7 Å². The molecule has 1 heterocycles. The molecule has 0 atom stereocenters. The van der Waals surface area contributed by atoms with Gasteiger partial charge in [0, 0.05) is 0 Å². The van der Waals surface area contributed by atoms with Crippen LogP contribution >= 0.6 is 0 Å². The Balaban J connectivity index is 2.40. The Bertz CT molecular complexity index is 282. The first-order valence-electron chi connectivity index (χ1n) is 5.98. The third-order valence-electron chi connectivity index (χ3n) is 3.30. The molecule has 0 aromatic carbocycles. The van der Waals surface area contributed by atoms with Gasteiger partial charge in [0.2, 0.25) is 0 Å². The van der Waals surface area contributed by atoms with Crippen LogP contribution in [0.25, 0.3) is 0 Å². The molecule has 1 fully saturated rings. The minimum atomic E-state index is -0.403. The van der Waals surface area contributed by atoms with Crippen LogP contribution in [0.15, 0.2) is 0 Å². The highest BCUT2D eigenvalue weighted by molar-refractivity contribution is 5.76. The van der Waals surface area contributed by atoms with E-state index in [0.717, 1.165) is 25.9 Å². The predicted octanol–water partition coefficient (Wildman–Crippen LogP) is 0.825. The number of piperidine rings is 1. The second-order valence-electron chi connectivity index (χ2n) is 4.63. The number of hydrogen-bond acceptors (Lipinski definition) is 5. The van der Waals surface area contributed by atoms with E-state index in [9.17, 15) is 9.59 Å². The Hall–Kier alpha value is -1.10. The van der Waals surface area contributed by atoms with Gasteiger partial charge in [-0.25, -0.2) is 0 Å². The summed E-state index contributed by atoms with van der Waals surface area (Å²) in [7, 11) is 1.42. The number of likely N-dealkylation sites (tertiary alicyclic amines) is 1. The van der Waals surface area contributed by atoms with Gasteiger partial charge in [0.15, 0.2) is 0 Å². The molecule has 0 N–H and O–H groups in total. The van der Waals surface area contributed by atoms with Crippen molar-refractivity contribution in [2.24, 2.45) is 5.41 Å². The lowest BCUT2D eigenvalue weighted by atomic mass is 9.80. The molecular weight excluding hydrogens is 222 g/mol. The summed E-state index contributed by atoms with van der Waals surface area (Å²) in [6.45, 7) is 5.88. The van der Waals surface area contributed by atoms with Gasteiger partial charge in [0.25, 0.3) is 0 Å². The quantitative estimate of drug-likeness (QED) is 0.684. The van der Waals surface area contributed by atoms with E-state index in [2.05, 4.69) is 0 Å². The molecule has 0 aromatic rings. The zero-order valence-corrected chi connectivity index (χ0v) is 10.8. The fourth-order valence-corrected chi connectivity index (χ4v) is 2.04. The number of ether oxygens (including phenoxy) is 2. The van der Waals surface area contributed by atoms with Gasteiger partial charge in [-0.1, -0.05) is 0 Å². The molecule has 0 aliphatic carbocycles. The van der Waals surface area contributed by atoms with E-state index in [1.54, 1.807) is 6.92 Å². The van der Waals surface area contributed by atoms with Crippen LogP contribution < -0.4 is 0 Å². The topological polar surface area (TPSA) is 55.8 Å². The molecule has 0 amide bonds. The fourth-order valence-electron chi connectivity index (χ4n) is 2.04. The Morgan fingerprint density at radius 1 is 1.29 bits per heavy atom. The summed E-state index contributed by atoms with van der Waals surface area (Å²) in [4.78, 5) is 24.9. The highest BCUT2D eigenvalue weighted by Gasteiger charge is 2.38. The molecule has 17 heavy (non-hydrogen) atoms. The first kappa shape index (κ1) is 14.0. The third kappa shape index (κ3) is 3.70. The van der Waals surface area contributed by atoms with Crippen LogP contribution in [0.5, 0.6) is 0 Å². The van der Waals surface area contributed by atoms with E-state index >= 15 is 0 Å². The van der Waals surface area contributed by atoms with E-state index in [0.29, 0.717) is 13.2 Å². The number of nitrogens with zero attached hydrogens (tertiary/aromatic N) is 1. The summed E-state index contributed by atoms with van der Waals surface area (Å²) in [6.07, 6.45) is 1.44. The Morgan fingerprint density at radius 2 is 1.88 bits per heavy atom. The van der Waals surface area contributed by atoms with Crippen molar-refractivity contribution in [1.29, 1.82) is 0 Å². The van der Waals surface area contributed by atoms with Gasteiger partial charge in [-0.15, -0.1) is 0 Å². The molecule has 5 nitrogen and oxygen atoms in total. The maximum absolute atomic E-state index is 11.6. The molecule has 1 rings (SSSR count). The molecule has 1 aliphatic heterocycles. The van der Waals surface area contributed by atoms with Crippen molar-refractivity contribution in [3.8, 4) is 0 Å². The molecular formula is C12H21NO4. The minimum absolute atomic E-state index is 0.159. The van der Waals surface area contributed by atoms with Crippen LogP contribution in [0.4, 0.5) is 0 Å². The van der Waals surface area contributed by atoms with E-state index in [4.69, 9.17) is 9.47 Å². The average Bonchev–Trinajstić information content (AvgIpc) is 2.31. The van der Waals surface area contributed by atoms with Gasteiger partial charge < -0.3 is 9.47 Å². The summed E-state index contributed by atoms with van der Waals surface area (Å²) >= 11 is 0. The average molecular weight is 243 g/mol. The molecule has 0 bridgehead atoms. The van der Waals surface area contributed by atoms with Gasteiger partial charge >= 0.3 is 11.9 Å². The van der Waals surface area contributed by atoms with Crippen molar-refractivity contribution in [1.82, 2.24) is 4.90 Å². The van der Waals surface area contributed by atoms with Gasteiger partial charge in [-0.05, 0) is 39.8 Å². The zero-order valence-electron chi connectivity index (χ0n) is 10.8. The highest BCUT2D eigenvalue weighted by atomic mass is 16.5. The summed E-state index contributed by atoms with van der Waals surface area (Å²) < 4.78 is 9.69. The van der Waals surface area contributed by atoms with Crippen molar-refractivity contribution in [3.63, 3.8) is 0 Å². The number of methoxy groups -OCH3 is 1. The van der Waals surface area contributed by atoms with Crippen LogP contribution in [0, 0.1) is 5.41 Å². The second-order valence-corrected chi connectivity index (χ2v) is 4.63. The smallest absolute Gasteiger partial charge is 0.320 e. The first-order chi connectivity index (χ1) is 8.01. The maximum atomic E-state index is 11.6. The number of carbonyl (C=O) groups is 2. The first-order valence-corrected chi connectivity index (χ1v) is 5.98. The number of esters is 2. The van der Waals surface area contributed by atoms with E-state index in [1.807, 2.05) is 11.8 Å². The number of hydrogen-bond donors (Lipinski definition) is 0. The van der Waals surface area contributed by atoms with Crippen molar-refractivity contribution in [2.75, 3.05) is 33.4 Å². The van der Waals surface area contributed by atoms with Gasteiger partial charge in [-0.3, -0.25) is 14.5 Å². The summed E-state index contributed by atoms with van der Waals surface area (Å²) in [5.74, 6) is -0.359. The van der Waals surface area contributed by atoms with Crippen molar-refractivity contribution >= 4 is 11.9 Å². The molecule has 5 heteroatoms. The summed E-state index contributed by atoms with van der Waals surface area (Å²) in [6, 6.07) is 0. The maximum Gasteiger partial charge on any atom is 0.320 e. The largest absolute Gasteiger partial charge is 0.469 e. The molecule has 1 aliphatic rings. The lowest BCUT2D eigenvalue weighted by Crippen LogP contribution is -2.45. The van der Waals surface area contributed by atoms with Crippen LogP contribution in [0.1, 0.15) is 26.7 Å². The lowest BCUT2D eigenvalue weighted by molar-refractivity contribution is -0.155. The zero-order chi connectivity index (χ0) is 12.9. The summed E-state index contributed by atoms with van der Waals surface area (Å²) in [5, 5.41) is 0. The number of rotatable bonds is 4. The number of carbonyl (C=O) groups excluding carboxylic acids is 2. The molecule has 0 unspecified atom stereocenters. The van der Waals surface area contributed by atoms with Crippen LogP contribution in [-0.2, 0) is 19.1 Å². The normalized spacial score (nSPS) is 19.7. The molecule has 0 radical (unpaired) electrons.